The fraction of sp³-hybridized carbons (Fsp3) is 0.741. The number of esters is 1. The lowest BCUT2D eigenvalue weighted by atomic mass is 9.66. The highest BCUT2D eigenvalue weighted by Crippen LogP contribution is 2.69. The molecule has 7 atom stereocenters. The van der Waals surface area contributed by atoms with Crippen molar-refractivity contribution in [2.24, 2.45) is 17.8 Å². The van der Waals surface area contributed by atoms with Crippen LogP contribution in [0.15, 0.2) is 25.3 Å². The van der Waals surface area contributed by atoms with Gasteiger partial charge in [-0.1, -0.05) is 38.8 Å². The molecule has 0 saturated carbocycles. The minimum Gasteiger partial charge on any atom is -0.465 e. The lowest BCUT2D eigenvalue weighted by Crippen LogP contribution is -2.59. The van der Waals surface area contributed by atoms with Gasteiger partial charge in [-0.05, 0) is 38.5 Å². The van der Waals surface area contributed by atoms with E-state index in [2.05, 4.69) is 27.0 Å². The number of amides is 2. The monoisotopic (exact) mass is 506 g/mol. The van der Waals surface area contributed by atoms with Crippen molar-refractivity contribution in [3.63, 3.8) is 0 Å². The van der Waals surface area contributed by atoms with Crippen molar-refractivity contribution in [1.82, 2.24) is 9.80 Å². The van der Waals surface area contributed by atoms with Gasteiger partial charge in [-0.25, -0.2) is 0 Å². The molecule has 7 nitrogen and oxygen atoms in total. The average molecular weight is 507 g/mol. The van der Waals surface area contributed by atoms with Gasteiger partial charge in [-0.2, -0.15) is 0 Å². The van der Waals surface area contributed by atoms with E-state index in [4.69, 9.17) is 4.74 Å². The van der Waals surface area contributed by atoms with Crippen LogP contribution in [-0.4, -0.2) is 81.1 Å². The van der Waals surface area contributed by atoms with Gasteiger partial charge >= 0.3 is 5.97 Å². The molecule has 3 saturated heterocycles. The Morgan fingerprint density at radius 1 is 1.31 bits per heavy atom. The molecule has 0 aromatic carbocycles. The lowest BCUT2D eigenvalue weighted by Gasteiger charge is -2.41. The molecule has 2 bridgehead atoms. The standard InChI is InChI=1S/C27H42N2O5S/c1-6-9-11-14-28(13-8-3)25(32)23-27-18(4)16-20(35-27)21(26(33)34-15-12-10-7-2)22(27)24(31)29(23)19(5)17-30/h7-8,18-23,30H,2-3,6,9-17H2,1,4-5H3/t18?,19-,20-,21+,22+,23?,27?/m1/s1. The second-order valence-corrected chi connectivity index (χ2v) is 11.8. The molecule has 0 aromatic heterocycles. The zero-order valence-corrected chi connectivity index (χ0v) is 22.3. The molecular formula is C27H42N2O5S. The van der Waals surface area contributed by atoms with Crippen molar-refractivity contribution in [2.75, 3.05) is 26.3 Å². The number of unbranched alkanes of at least 4 members (excludes halogenated alkanes) is 3. The van der Waals surface area contributed by atoms with Crippen molar-refractivity contribution in [3.05, 3.63) is 25.3 Å². The predicted molar refractivity (Wildman–Crippen MR) is 139 cm³/mol. The first-order valence-electron chi connectivity index (χ1n) is 13.1. The molecule has 35 heavy (non-hydrogen) atoms. The van der Waals surface area contributed by atoms with Crippen molar-refractivity contribution in [3.8, 4) is 0 Å². The number of carbonyl (C=O) groups excluding carboxylic acids is 3. The summed E-state index contributed by atoms with van der Waals surface area (Å²) in [5.74, 6) is -1.73. The third-order valence-corrected chi connectivity index (χ3v) is 9.99. The second kappa shape index (κ2) is 12.0. The highest BCUT2D eigenvalue weighted by Gasteiger charge is 2.76. The summed E-state index contributed by atoms with van der Waals surface area (Å²) < 4.78 is 4.91. The summed E-state index contributed by atoms with van der Waals surface area (Å²) in [6, 6.07) is -1.24. The number of thioether (sulfide) groups is 1. The maximum Gasteiger partial charge on any atom is 0.310 e. The van der Waals surface area contributed by atoms with Gasteiger partial charge in [0.1, 0.15) is 6.04 Å². The third-order valence-electron chi connectivity index (χ3n) is 7.92. The number of ether oxygens (including phenoxy) is 1. The smallest absolute Gasteiger partial charge is 0.310 e. The van der Waals surface area contributed by atoms with Gasteiger partial charge in [0.2, 0.25) is 11.8 Å². The molecule has 3 unspecified atom stereocenters. The first-order valence-corrected chi connectivity index (χ1v) is 14.0. The molecule has 1 N–H and O–H groups in total. The molecule has 0 aromatic rings. The van der Waals surface area contributed by atoms with Gasteiger partial charge in [0.15, 0.2) is 0 Å². The van der Waals surface area contributed by atoms with Gasteiger partial charge in [-0.3, -0.25) is 14.4 Å². The van der Waals surface area contributed by atoms with Crippen molar-refractivity contribution < 1.29 is 24.2 Å². The third kappa shape index (κ3) is 4.93. The average Bonchev–Trinajstić information content (AvgIpc) is 3.44. The van der Waals surface area contributed by atoms with E-state index < -0.39 is 28.7 Å². The Kier molecular flexibility index (Phi) is 9.49. The number of rotatable bonds is 14. The number of aliphatic hydroxyl groups excluding tert-OH is 1. The topological polar surface area (TPSA) is 87.1 Å². The number of allylic oxidation sites excluding steroid dienone is 1. The normalized spacial score (nSPS) is 31.8. The fourth-order valence-corrected chi connectivity index (χ4v) is 8.63. The SMILES string of the molecule is C=CCCCOC(=O)[C@@H]1[C@H]2C(=O)N([C@H](C)CO)C(C(=O)N(CC=C)CCCCC)C23S[C@@H]1CC3C. The molecular weight excluding hydrogens is 464 g/mol. The van der Waals surface area contributed by atoms with Crippen LogP contribution in [0.2, 0.25) is 0 Å². The van der Waals surface area contributed by atoms with E-state index in [-0.39, 0.29) is 35.6 Å². The van der Waals surface area contributed by atoms with Gasteiger partial charge in [0, 0.05) is 18.3 Å². The summed E-state index contributed by atoms with van der Waals surface area (Å²) in [6.45, 7) is 14.6. The van der Waals surface area contributed by atoms with E-state index in [1.54, 1.807) is 40.6 Å². The minimum absolute atomic E-state index is 0.0410. The van der Waals surface area contributed by atoms with Crippen molar-refractivity contribution in [2.45, 2.75) is 81.4 Å². The quantitative estimate of drug-likeness (QED) is 0.221. The summed E-state index contributed by atoms with van der Waals surface area (Å²) in [4.78, 5) is 44.7. The van der Waals surface area contributed by atoms with E-state index in [1.165, 1.54) is 0 Å². The Labute approximate surface area is 214 Å². The number of nitrogens with zero attached hydrogens (tertiary/aromatic N) is 2. The maximum absolute atomic E-state index is 14.2. The lowest BCUT2D eigenvalue weighted by molar-refractivity contribution is -0.155. The zero-order chi connectivity index (χ0) is 25.8. The fourth-order valence-electron chi connectivity index (χ4n) is 6.24. The molecule has 3 aliphatic rings. The van der Waals surface area contributed by atoms with Crippen molar-refractivity contribution >= 4 is 29.5 Å². The molecule has 1 spiro atoms. The van der Waals surface area contributed by atoms with Crippen LogP contribution in [0.5, 0.6) is 0 Å². The number of carbonyl (C=O) groups is 3. The van der Waals surface area contributed by atoms with Crippen LogP contribution in [0.3, 0.4) is 0 Å². The highest BCUT2D eigenvalue weighted by molar-refractivity contribution is 8.02. The molecule has 0 radical (unpaired) electrons. The number of hydrogen-bond acceptors (Lipinski definition) is 6. The van der Waals surface area contributed by atoms with E-state index in [0.29, 0.717) is 26.1 Å². The van der Waals surface area contributed by atoms with Crippen LogP contribution in [-0.2, 0) is 19.1 Å². The summed E-state index contributed by atoms with van der Waals surface area (Å²) in [6.07, 6.45) is 8.68. The van der Waals surface area contributed by atoms with E-state index in [0.717, 1.165) is 32.1 Å². The van der Waals surface area contributed by atoms with Crippen LogP contribution < -0.4 is 0 Å². The Bertz CT molecular complexity index is 819. The van der Waals surface area contributed by atoms with Crippen LogP contribution in [0.1, 0.15) is 59.3 Å². The summed E-state index contributed by atoms with van der Waals surface area (Å²) >= 11 is 1.64. The largest absolute Gasteiger partial charge is 0.465 e. The summed E-state index contributed by atoms with van der Waals surface area (Å²) in [7, 11) is 0. The molecule has 196 valence electrons. The first kappa shape index (κ1) is 27.8. The molecule has 3 aliphatic heterocycles. The Morgan fingerprint density at radius 2 is 2.06 bits per heavy atom. The van der Waals surface area contributed by atoms with Crippen LogP contribution >= 0.6 is 11.8 Å². The number of aliphatic hydroxyl groups is 1. The van der Waals surface area contributed by atoms with Crippen LogP contribution in [0.4, 0.5) is 0 Å². The molecule has 0 aliphatic carbocycles. The molecule has 2 amide bonds. The number of hydrogen-bond donors (Lipinski definition) is 1. The molecule has 3 fully saturated rings. The highest BCUT2D eigenvalue weighted by atomic mass is 32.2. The number of fused-ring (bicyclic) bond motifs is 1. The van der Waals surface area contributed by atoms with Gasteiger partial charge in [-0.15, -0.1) is 24.9 Å². The molecule has 8 heteroatoms. The van der Waals surface area contributed by atoms with Gasteiger partial charge in [0.05, 0.1) is 35.8 Å². The predicted octanol–water partition coefficient (Wildman–Crippen LogP) is 3.42. The van der Waals surface area contributed by atoms with Crippen molar-refractivity contribution in [1.29, 1.82) is 0 Å². The minimum atomic E-state index is -0.715. The van der Waals surface area contributed by atoms with Crippen LogP contribution in [0.25, 0.3) is 0 Å². The zero-order valence-electron chi connectivity index (χ0n) is 21.5. The second-order valence-electron chi connectivity index (χ2n) is 10.2. The summed E-state index contributed by atoms with van der Waals surface area (Å²) in [5.41, 5.74) is 0. The van der Waals surface area contributed by atoms with E-state index in [9.17, 15) is 19.5 Å². The van der Waals surface area contributed by atoms with E-state index >= 15 is 0 Å². The summed E-state index contributed by atoms with van der Waals surface area (Å²) in [5, 5.41) is 9.98. The van der Waals surface area contributed by atoms with E-state index in [1.807, 2.05) is 0 Å². The maximum atomic E-state index is 14.2. The Balaban J connectivity index is 1.96. The Morgan fingerprint density at radius 3 is 2.69 bits per heavy atom. The molecule has 3 heterocycles. The van der Waals surface area contributed by atoms with Crippen LogP contribution in [0, 0.1) is 17.8 Å². The van der Waals surface area contributed by atoms with Gasteiger partial charge < -0.3 is 19.6 Å². The van der Waals surface area contributed by atoms with Gasteiger partial charge in [0.25, 0.3) is 0 Å². The molecule has 3 rings (SSSR count). The Hall–Kier alpha value is -1.80. The first-order chi connectivity index (χ1) is 16.8. The number of likely N-dealkylation sites (tertiary alicyclic amines) is 1.